The van der Waals surface area contributed by atoms with Crippen LogP contribution in [0, 0.1) is 5.92 Å². The molecule has 2 aromatic rings. The molecule has 0 fully saturated rings. The van der Waals surface area contributed by atoms with Crippen LogP contribution in [0.1, 0.15) is 20.3 Å². The van der Waals surface area contributed by atoms with E-state index in [4.69, 9.17) is 5.11 Å². The molecule has 2 N–H and O–H groups in total. The highest BCUT2D eigenvalue weighted by Gasteiger charge is 2.23. The summed E-state index contributed by atoms with van der Waals surface area (Å²) >= 11 is 0. The fraction of sp³-hybridized carbons (Fsp3) is 0.375. The molecule has 2 rings (SSSR count). The molecule has 1 aromatic heterocycles. The summed E-state index contributed by atoms with van der Waals surface area (Å²) in [7, 11) is 0. The van der Waals surface area contributed by atoms with E-state index in [0.717, 1.165) is 10.9 Å². The van der Waals surface area contributed by atoms with Gasteiger partial charge in [0, 0.05) is 24.7 Å². The van der Waals surface area contributed by atoms with Crippen molar-refractivity contribution in [2.24, 2.45) is 5.92 Å². The van der Waals surface area contributed by atoms with Crippen LogP contribution in [0.4, 0.5) is 0 Å². The summed E-state index contributed by atoms with van der Waals surface area (Å²) in [6.45, 7) is 4.08. The molecule has 0 spiro atoms. The Morgan fingerprint density at radius 2 is 1.95 bits per heavy atom. The predicted octanol–water partition coefficient (Wildman–Crippen LogP) is 2.26. The number of carbonyl (C=O) groups is 2. The largest absolute Gasteiger partial charge is 0.480 e. The first-order valence-corrected chi connectivity index (χ1v) is 7.05. The predicted molar refractivity (Wildman–Crippen MR) is 81.0 cm³/mol. The Morgan fingerprint density at radius 3 is 2.62 bits per heavy atom. The van der Waals surface area contributed by atoms with E-state index in [1.807, 2.05) is 41.1 Å². The van der Waals surface area contributed by atoms with Gasteiger partial charge in [0.15, 0.2) is 0 Å². The number of rotatable bonds is 6. The number of benzene rings is 1. The van der Waals surface area contributed by atoms with Crippen molar-refractivity contribution >= 4 is 22.8 Å². The molecular formula is C16H20N2O3. The monoisotopic (exact) mass is 288 g/mol. The summed E-state index contributed by atoms with van der Waals surface area (Å²) in [4.78, 5) is 23.0. The quantitative estimate of drug-likeness (QED) is 0.856. The number of aryl methyl sites for hydroxylation is 1. The van der Waals surface area contributed by atoms with Gasteiger partial charge in [-0.25, -0.2) is 4.79 Å². The van der Waals surface area contributed by atoms with Gasteiger partial charge >= 0.3 is 5.97 Å². The molecule has 1 heterocycles. The van der Waals surface area contributed by atoms with Crippen molar-refractivity contribution < 1.29 is 14.7 Å². The van der Waals surface area contributed by atoms with Gasteiger partial charge in [0.25, 0.3) is 0 Å². The Hall–Kier alpha value is -2.30. The molecule has 0 saturated heterocycles. The molecule has 0 aliphatic rings. The van der Waals surface area contributed by atoms with Crippen molar-refractivity contribution in [3.63, 3.8) is 0 Å². The van der Waals surface area contributed by atoms with E-state index in [9.17, 15) is 9.59 Å². The number of hydrogen-bond donors (Lipinski definition) is 2. The number of aromatic nitrogens is 1. The number of aliphatic carboxylic acids is 1. The standard InChI is InChI=1S/C16H20N2O3/c1-11(2)15(16(20)21)17-14(19)8-10-18-9-7-12-5-3-4-6-13(12)18/h3-7,9,11,15H,8,10H2,1-2H3,(H,17,19)(H,20,21). The first-order chi connectivity index (χ1) is 9.99. The highest BCUT2D eigenvalue weighted by Crippen LogP contribution is 2.15. The lowest BCUT2D eigenvalue weighted by molar-refractivity contribution is -0.143. The Kier molecular flexibility index (Phi) is 4.62. The summed E-state index contributed by atoms with van der Waals surface area (Å²) in [6.07, 6.45) is 2.20. The van der Waals surface area contributed by atoms with E-state index in [1.165, 1.54) is 0 Å². The molecule has 5 nitrogen and oxygen atoms in total. The minimum absolute atomic E-state index is 0.140. The first-order valence-electron chi connectivity index (χ1n) is 7.05. The van der Waals surface area contributed by atoms with Gasteiger partial charge in [0.2, 0.25) is 5.91 Å². The fourth-order valence-electron chi connectivity index (χ4n) is 2.32. The second-order valence-corrected chi connectivity index (χ2v) is 5.45. The second-order valence-electron chi connectivity index (χ2n) is 5.45. The van der Waals surface area contributed by atoms with Crippen LogP contribution < -0.4 is 5.32 Å². The Labute approximate surface area is 123 Å². The van der Waals surface area contributed by atoms with Crippen LogP contribution in [-0.2, 0) is 16.1 Å². The maximum absolute atomic E-state index is 11.9. The topological polar surface area (TPSA) is 71.3 Å². The number of para-hydroxylation sites is 1. The number of nitrogens with zero attached hydrogens (tertiary/aromatic N) is 1. The van der Waals surface area contributed by atoms with E-state index in [0.29, 0.717) is 6.54 Å². The second kappa shape index (κ2) is 6.43. The van der Waals surface area contributed by atoms with E-state index >= 15 is 0 Å². The van der Waals surface area contributed by atoms with E-state index in [1.54, 1.807) is 13.8 Å². The lowest BCUT2D eigenvalue weighted by Crippen LogP contribution is -2.44. The van der Waals surface area contributed by atoms with Crippen LogP contribution in [0.25, 0.3) is 10.9 Å². The highest BCUT2D eigenvalue weighted by molar-refractivity contribution is 5.84. The average molecular weight is 288 g/mol. The van der Waals surface area contributed by atoms with Crippen molar-refractivity contribution in [3.8, 4) is 0 Å². The molecule has 1 aromatic carbocycles. The summed E-state index contributed by atoms with van der Waals surface area (Å²) in [6, 6.07) is 9.12. The third-order valence-corrected chi connectivity index (χ3v) is 3.51. The van der Waals surface area contributed by atoms with Crippen LogP contribution in [0.2, 0.25) is 0 Å². The molecule has 1 atom stereocenters. The van der Waals surface area contributed by atoms with Crippen molar-refractivity contribution in [1.29, 1.82) is 0 Å². The Morgan fingerprint density at radius 1 is 1.24 bits per heavy atom. The van der Waals surface area contributed by atoms with Crippen LogP contribution in [0.3, 0.4) is 0 Å². The zero-order chi connectivity index (χ0) is 15.4. The third kappa shape index (κ3) is 3.62. The SMILES string of the molecule is CC(C)C(NC(=O)CCn1ccc2ccccc21)C(=O)O. The van der Waals surface area contributed by atoms with Gasteiger partial charge in [-0.3, -0.25) is 4.79 Å². The van der Waals surface area contributed by atoms with Crippen molar-refractivity contribution in [2.75, 3.05) is 0 Å². The van der Waals surface area contributed by atoms with Crippen molar-refractivity contribution in [2.45, 2.75) is 32.9 Å². The molecule has 21 heavy (non-hydrogen) atoms. The maximum Gasteiger partial charge on any atom is 0.326 e. The molecular weight excluding hydrogens is 268 g/mol. The zero-order valence-electron chi connectivity index (χ0n) is 12.2. The number of carbonyl (C=O) groups excluding carboxylic acids is 1. The number of carboxylic acids is 1. The zero-order valence-corrected chi connectivity index (χ0v) is 12.2. The van der Waals surface area contributed by atoms with Gasteiger partial charge in [0.05, 0.1) is 0 Å². The van der Waals surface area contributed by atoms with Gasteiger partial charge in [-0.15, -0.1) is 0 Å². The van der Waals surface area contributed by atoms with Crippen molar-refractivity contribution in [3.05, 3.63) is 36.5 Å². The molecule has 1 unspecified atom stereocenters. The number of hydrogen-bond acceptors (Lipinski definition) is 2. The summed E-state index contributed by atoms with van der Waals surface area (Å²) in [5.41, 5.74) is 1.07. The van der Waals surface area contributed by atoms with Gasteiger partial charge in [0.1, 0.15) is 6.04 Å². The summed E-state index contributed by atoms with van der Waals surface area (Å²) in [5, 5.41) is 12.8. The van der Waals surface area contributed by atoms with Crippen molar-refractivity contribution in [1.82, 2.24) is 9.88 Å². The van der Waals surface area contributed by atoms with Crippen LogP contribution in [-0.4, -0.2) is 27.6 Å². The van der Waals surface area contributed by atoms with Gasteiger partial charge in [-0.1, -0.05) is 32.0 Å². The maximum atomic E-state index is 11.9. The van der Waals surface area contributed by atoms with E-state index < -0.39 is 12.0 Å². The lowest BCUT2D eigenvalue weighted by Gasteiger charge is -2.18. The smallest absolute Gasteiger partial charge is 0.326 e. The number of fused-ring (bicyclic) bond motifs is 1. The van der Waals surface area contributed by atoms with Gasteiger partial charge in [-0.05, 0) is 23.4 Å². The number of amides is 1. The number of nitrogens with one attached hydrogen (secondary N) is 1. The highest BCUT2D eigenvalue weighted by atomic mass is 16.4. The third-order valence-electron chi connectivity index (χ3n) is 3.51. The molecule has 0 bridgehead atoms. The molecule has 0 saturated carbocycles. The van der Waals surface area contributed by atoms with E-state index in [-0.39, 0.29) is 18.2 Å². The molecule has 1 amide bonds. The lowest BCUT2D eigenvalue weighted by atomic mass is 10.0. The van der Waals surface area contributed by atoms with Crippen LogP contribution in [0.5, 0.6) is 0 Å². The molecule has 112 valence electrons. The summed E-state index contributed by atoms with van der Waals surface area (Å²) in [5.74, 6) is -1.38. The Balaban J connectivity index is 1.96. The number of carboxylic acid groups (broad SMARTS) is 1. The minimum Gasteiger partial charge on any atom is -0.480 e. The molecule has 0 aliphatic heterocycles. The Bertz CT molecular complexity index is 646. The molecule has 5 heteroatoms. The van der Waals surface area contributed by atoms with Crippen LogP contribution >= 0.6 is 0 Å². The van der Waals surface area contributed by atoms with Gasteiger partial charge < -0.3 is 15.0 Å². The van der Waals surface area contributed by atoms with Crippen LogP contribution in [0.15, 0.2) is 36.5 Å². The molecule has 0 radical (unpaired) electrons. The fourth-order valence-corrected chi connectivity index (χ4v) is 2.32. The summed E-state index contributed by atoms with van der Waals surface area (Å²) < 4.78 is 2.00. The van der Waals surface area contributed by atoms with Gasteiger partial charge in [-0.2, -0.15) is 0 Å². The first kappa shape index (κ1) is 15.1. The normalized spacial score (nSPS) is 12.5. The average Bonchev–Trinajstić information content (AvgIpc) is 2.85. The minimum atomic E-state index is -0.996. The molecule has 0 aliphatic carbocycles. The van der Waals surface area contributed by atoms with E-state index in [2.05, 4.69) is 5.32 Å².